The third kappa shape index (κ3) is 194. The van der Waals surface area contributed by atoms with Gasteiger partial charge in [-0.1, -0.05) is 0 Å². The van der Waals surface area contributed by atoms with E-state index in [1.807, 2.05) is 0 Å². The predicted molar refractivity (Wildman–Crippen MR) is 78.8 cm³/mol. The maximum absolute atomic E-state index is 0. The van der Waals surface area contributed by atoms with E-state index in [-0.39, 0.29) is 262 Å². The minimum Gasteiger partial charge on any atom is -0.813 e. The van der Waals surface area contributed by atoms with Gasteiger partial charge >= 0.3 is 0 Å². The van der Waals surface area contributed by atoms with Crippen LogP contribution in [0.4, 0.5) is 0 Å². The first-order valence-electron chi connectivity index (χ1n) is 0. The van der Waals surface area contributed by atoms with Crippen LogP contribution in [0.25, 0.3) is 0 Å². The average molecular weight is 785 g/mol. The molecule has 0 aliphatic heterocycles. The Bertz CT molecular complexity index is 21.3. The second kappa shape index (κ2) is 212. The van der Waals surface area contributed by atoms with Crippen LogP contribution < -0.4 is 0 Å². The van der Waals surface area contributed by atoms with Gasteiger partial charge in [0.25, 0.3) is 0 Å². The summed E-state index contributed by atoms with van der Waals surface area (Å²) in [7, 11) is 0. The number of hydrogen-bond donors (Lipinski definition) is 0. The van der Waals surface area contributed by atoms with Crippen LogP contribution in [0.3, 0.4) is 0 Å². The summed E-state index contributed by atoms with van der Waals surface area (Å²) < 4.78 is 0. The van der Waals surface area contributed by atoms with Crippen LogP contribution in [-0.4, -0.2) is 0 Å². The second-order valence-corrected chi connectivity index (χ2v) is 0. The molecule has 0 saturated carbocycles. The van der Waals surface area contributed by atoms with E-state index in [1.165, 1.54) is 0 Å². The topological polar surface area (TPSA) is 0 Å². The summed E-state index contributed by atoms with van der Waals surface area (Å²) in [5.41, 5.74) is 0. The van der Waals surface area contributed by atoms with E-state index in [2.05, 4.69) is 0 Å². The smallest absolute Gasteiger partial charge is 0 e. The Hall–Kier alpha value is 7.47. The van der Waals surface area contributed by atoms with Crippen molar-refractivity contribution in [2.24, 2.45) is 0 Å². The van der Waals surface area contributed by atoms with Gasteiger partial charge in [-0.15, -0.1) is 0 Å². The molecular weight excluding hydrogens is 775 g/mol. The number of thiol groups is 9. The van der Waals surface area contributed by atoms with E-state index in [0.29, 0.717) is 0 Å². The minimum atomic E-state index is 0. The summed E-state index contributed by atoms with van der Waals surface area (Å²) >= 11 is 0. The molecule has 17 heteroatoms. The Morgan fingerprint density at radius 3 is 0.176 bits per heavy atom. The van der Waals surface area contributed by atoms with Crippen molar-refractivity contribution >= 4 is 121 Å². The maximum atomic E-state index is 0. The fourth-order valence-corrected chi connectivity index (χ4v) is 0. The molecule has 0 unspecified atom stereocenters. The summed E-state index contributed by atoms with van der Waals surface area (Å²) in [5.74, 6) is 0. The Kier molecular flexibility index (Phi) is 3010. The fourth-order valence-electron chi connectivity index (χ4n) is 0. The first kappa shape index (κ1) is 241. The van der Waals surface area contributed by atoms with Crippen LogP contribution in [0.1, 0.15) is 0 Å². The van der Waals surface area contributed by atoms with Gasteiger partial charge in [0, 0.05) is 141 Å². The molecule has 0 heterocycles. The standard InChI is InChI=1S/7Fe.Mo.9H2S/h;;;;;;;;9*1H2/p-9. The summed E-state index contributed by atoms with van der Waals surface area (Å²) in [6.07, 6.45) is 0. The Balaban J connectivity index is 0. The van der Waals surface area contributed by atoms with Crippen molar-refractivity contribution in [3.05, 3.63) is 0 Å². The molecule has 0 amide bonds. The molecule has 0 aromatic carbocycles. The van der Waals surface area contributed by atoms with Crippen LogP contribution in [0.2, 0.25) is 0 Å². The van der Waals surface area contributed by atoms with E-state index >= 15 is 0 Å². The third-order valence-corrected chi connectivity index (χ3v) is 0. The predicted octanol–water partition coefficient (Wildman–Crippen LogP) is -2.45. The molecule has 0 radical (unpaired) electrons. The first-order valence-corrected chi connectivity index (χ1v) is 0. The van der Waals surface area contributed by atoms with Gasteiger partial charge in [0.2, 0.25) is 0 Å². The molecule has 0 aromatic rings. The quantitative estimate of drug-likeness (QED) is 0.148. The van der Waals surface area contributed by atoms with Crippen molar-refractivity contribution in [2.75, 3.05) is 0 Å². The van der Waals surface area contributed by atoms with Crippen LogP contribution in [0, 0.1) is 0 Å². The number of hydrogen-bond acceptors (Lipinski definition) is 9. The van der Waals surface area contributed by atoms with Crippen molar-refractivity contribution < 1.29 is 141 Å². The zero-order valence-electron chi connectivity index (χ0n) is 6.91. The molecule has 0 aliphatic carbocycles. The molecule has 0 bridgehead atoms. The van der Waals surface area contributed by atoms with Gasteiger partial charge in [-0.05, 0) is 0 Å². The van der Waals surface area contributed by atoms with Crippen molar-refractivity contribution in [1.29, 1.82) is 0 Å². The normalized spacial score (nSPS) is 0. The van der Waals surface area contributed by atoms with Crippen LogP contribution in [0.5, 0.6) is 0 Å². The molecule has 0 fully saturated rings. The summed E-state index contributed by atoms with van der Waals surface area (Å²) in [4.78, 5) is 0. The third-order valence-electron chi connectivity index (χ3n) is 0. The molecule has 0 spiro atoms. The van der Waals surface area contributed by atoms with E-state index < -0.39 is 0 Å². The Morgan fingerprint density at radius 2 is 0.176 bits per heavy atom. The monoisotopic (exact) mass is 786 g/mol. The van der Waals surface area contributed by atoms with E-state index in [4.69, 9.17) is 0 Å². The van der Waals surface area contributed by atoms with Crippen molar-refractivity contribution in [3.8, 4) is 0 Å². The molecule has 0 rings (SSSR count). The Labute approximate surface area is 257 Å². The summed E-state index contributed by atoms with van der Waals surface area (Å²) in [6.45, 7) is 0. The largest absolute Gasteiger partial charge is 0.813 e. The van der Waals surface area contributed by atoms with Gasteiger partial charge in [-0.25, -0.2) is 0 Å². The molecule has 0 aromatic heterocycles. The van der Waals surface area contributed by atoms with Crippen LogP contribution in [-0.2, 0) is 262 Å². The van der Waals surface area contributed by atoms with Gasteiger partial charge in [0.1, 0.15) is 0 Å². The zero-order chi connectivity index (χ0) is 0. The molecular formula is H9Fe7MoS9-9. The van der Waals surface area contributed by atoms with Crippen LogP contribution >= 0.6 is 0 Å². The molecule has 0 N–H and O–H groups in total. The average Bonchev–Trinajstić information content (AvgIpc) is 0. The maximum Gasteiger partial charge on any atom is 0 e. The van der Waals surface area contributed by atoms with E-state index in [1.54, 1.807) is 0 Å². The number of rotatable bonds is 0. The van der Waals surface area contributed by atoms with Crippen molar-refractivity contribution in [3.63, 3.8) is 0 Å². The van der Waals surface area contributed by atoms with Crippen molar-refractivity contribution in [1.82, 2.24) is 0 Å². The second-order valence-electron chi connectivity index (χ2n) is 0. The van der Waals surface area contributed by atoms with Crippen molar-refractivity contribution in [2.45, 2.75) is 0 Å². The van der Waals surface area contributed by atoms with Gasteiger partial charge in [-0.3, -0.25) is 0 Å². The molecule has 0 atom stereocenters. The van der Waals surface area contributed by atoms with Crippen LogP contribution in [0.15, 0.2) is 0 Å². The molecule has 0 aliphatic rings. The van der Waals surface area contributed by atoms with Gasteiger partial charge in [0.15, 0.2) is 0 Å². The summed E-state index contributed by atoms with van der Waals surface area (Å²) in [5, 5.41) is 0. The van der Waals surface area contributed by atoms with Gasteiger partial charge in [0.05, 0.1) is 0 Å². The van der Waals surface area contributed by atoms with E-state index in [9.17, 15) is 0 Å². The Morgan fingerprint density at radius 1 is 0.176 bits per heavy atom. The molecule has 0 saturated heterocycles. The molecule has 0 nitrogen and oxygen atoms in total. The van der Waals surface area contributed by atoms with Gasteiger partial charge in [-0.2, -0.15) is 0 Å². The summed E-state index contributed by atoms with van der Waals surface area (Å²) in [6, 6.07) is 0. The van der Waals surface area contributed by atoms with E-state index in [0.717, 1.165) is 0 Å². The fraction of sp³-hybridized carbons (Fsp3) is 0. The molecule has 17 heavy (non-hydrogen) atoms. The first-order chi connectivity index (χ1) is 0. The SMILES string of the molecule is [Fe].[Fe].[Fe].[Fe].[Fe].[Fe].[Fe].[Mo].[SH-].[SH-].[SH-].[SH-].[SH-].[SH-].[SH-].[SH-].[SH-]. The van der Waals surface area contributed by atoms with Gasteiger partial charge < -0.3 is 121 Å². The minimum absolute atomic E-state index is 0. The molecule has 134 valence electrons. The zero-order valence-corrected chi connectivity index (χ0v) is 24.7.